The number of halogens is 4. The zero-order valence-corrected chi connectivity index (χ0v) is 7.21. The summed E-state index contributed by atoms with van der Waals surface area (Å²) >= 11 is 2.84. The van der Waals surface area contributed by atoms with Crippen LogP contribution in [0, 0.1) is 0 Å². The molecule has 0 unspecified atom stereocenters. The van der Waals surface area contributed by atoms with Crippen LogP contribution in [0.3, 0.4) is 0 Å². The Kier molecular flexibility index (Phi) is 3.18. The van der Waals surface area contributed by atoms with E-state index in [0.29, 0.717) is 0 Å². The first-order valence-corrected chi connectivity index (χ1v) is 9.89. The summed E-state index contributed by atoms with van der Waals surface area (Å²) in [5, 5.41) is 0. The number of rotatable bonds is 0. The minimum atomic E-state index is -2.65. The monoisotopic (exact) mass is 235 g/mol. The van der Waals surface area contributed by atoms with Gasteiger partial charge < -0.3 is 0 Å². The van der Waals surface area contributed by atoms with Crippen molar-refractivity contribution in [2.24, 2.45) is 0 Å². The summed E-state index contributed by atoms with van der Waals surface area (Å²) in [6, 6.07) is 0. The normalized spacial score (nSPS) is 12.0. The molecule has 0 bridgehead atoms. The van der Waals surface area contributed by atoms with E-state index in [9.17, 15) is 0 Å². The molecule has 0 aliphatic rings. The first-order valence-electron chi connectivity index (χ1n) is 0.676. The molecule has 0 saturated heterocycles. The molecule has 0 aliphatic carbocycles. The van der Waals surface area contributed by atoms with Gasteiger partial charge in [0.15, 0.2) is 0 Å². The van der Waals surface area contributed by atoms with Gasteiger partial charge in [0.1, 0.15) is 0 Å². The average molecular weight is 237 g/mol. The summed E-state index contributed by atoms with van der Waals surface area (Å²) in [6.07, 6.45) is 0. The van der Waals surface area contributed by atoms with Crippen LogP contribution in [0.2, 0.25) is 0 Å². The van der Waals surface area contributed by atoms with Crippen LogP contribution in [0.1, 0.15) is 0 Å². The quantitative estimate of drug-likeness (QED) is 0.607. The van der Waals surface area contributed by atoms with Crippen molar-refractivity contribution in [2.75, 3.05) is 0 Å². The first kappa shape index (κ1) is 6.93. The van der Waals surface area contributed by atoms with Crippen LogP contribution in [-0.4, -0.2) is 0 Å². The summed E-state index contributed by atoms with van der Waals surface area (Å²) in [7, 11) is 12.8. The molecule has 5 heteroatoms. The SMILES string of the molecule is [Cl][V]([Cl])([Cl])[Br]. The van der Waals surface area contributed by atoms with Gasteiger partial charge >= 0.3 is 52.6 Å². The summed E-state index contributed by atoms with van der Waals surface area (Å²) in [5.41, 5.74) is 0. The van der Waals surface area contributed by atoms with Gasteiger partial charge in [-0.1, -0.05) is 0 Å². The average Bonchev–Trinajstić information content (AvgIpc) is 0.722. The predicted octanol–water partition coefficient (Wildman–Crippen LogP) is 2.91. The maximum atomic E-state index is 5.15. The molecular weight excluding hydrogens is 237 g/mol. The van der Waals surface area contributed by atoms with E-state index in [1.54, 1.807) is 0 Å². The van der Waals surface area contributed by atoms with Crippen molar-refractivity contribution in [3.8, 4) is 0 Å². The van der Waals surface area contributed by atoms with E-state index in [0.717, 1.165) is 0 Å². The molecule has 5 heavy (non-hydrogen) atoms. The Morgan fingerprint density at radius 1 is 1.20 bits per heavy atom. The van der Waals surface area contributed by atoms with Gasteiger partial charge in [-0.3, -0.25) is 0 Å². The Morgan fingerprint density at radius 3 is 1.20 bits per heavy atom. The molecule has 0 saturated carbocycles. The van der Waals surface area contributed by atoms with E-state index in [1.165, 1.54) is 0 Å². The molecule has 0 aromatic heterocycles. The third-order valence-corrected chi connectivity index (χ3v) is 0. The Balaban J connectivity index is 3.02. The number of hydrogen-bond donors (Lipinski definition) is 0. The molecular formula is BrCl3V. The second-order valence-corrected chi connectivity index (χ2v) is 19.4. The van der Waals surface area contributed by atoms with Crippen LogP contribution in [0.25, 0.3) is 0 Å². The Hall–Kier alpha value is 1.93. The Bertz CT molecular complexity index is 22.4. The van der Waals surface area contributed by atoms with Crippen LogP contribution in [0.15, 0.2) is 0 Å². The van der Waals surface area contributed by atoms with Gasteiger partial charge in [0, 0.05) is 0 Å². The summed E-state index contributed by atoms with van der Waals surface area (Å²) in [4.78, 5) is 0. The van der Waals surface area contributed by atoms with E-state index in [1.807, 2.05) is 0 Å². The topological polar surface area (TPSA) is 0 Å². The van der Waals surface area contributed by atoms with Gasteiger partial charge in [-0.2, -0.15) is 0 Å². The molecule has 0 aliphatic heterocycles. The molecule has 0 heterocycles. The molecule has 0 spiro atoms. The van der Waals surface area contributed by atoms with E-state index >= 15 is 0 Å². The van der Waals surface area contributed by atoms with Gasteiger partial charge in [-0.05, 0) is 0 Å². The second kappa shape index (κ2) is 2.30. The molecule has 0 nitrogen and oxygen atoms in total. The molecule has 0 aromatic carbocycles. The zero-order chi connectivity index (χ0) is 4.50. The van der Waals surface area contributed by atoms with Gasteiger partial charge in [0.25, 0.3) is 0 Å². The van der Waals surface area contributed by atoms with Crippen molar-refractivity contribution in [3.63, 3.8) is 0 Å². The van der Waals surface area contributed by atoms with Gasteiger partial charge in [0.05, 0.1) is 0 Å². The molecule has 33 valence electrons. The van der Waals surface area contributed by atoms with Crippen molar-refractivity contribution in [1.29, 1.82) is 0 Å². The fraction of sp³-hybridized carbons (Fsp3) is 0. The first-order chi connectivity index (χ1) is 2.00. The van der Waals surface area contributed by atoms with E-state index in [-0.39, 0.29) is 0 Å². The van der Waals surface area contributed by atoms with E-state index in [4.69, 9.17) is 29.5 Å². The predicted molar refractivity (Wildman–Crippen MR) is 26.5 cm³/mol. The van der Waals surface area contributed by atoms with Gasteiger partial charge in [0.2, 0.25) is 0 Å². The molecule has 0 amide bonds. The van der Waals surface area contributed by atoms with Crippen LogP contribution in [0.4, 0.5) is 0 Å². The van der Waals surface area contributed by atoms with Crippen molar-refractivity contribution < 1.29 is 9.25 Å². The molecule has 0 N–H and O–H groups in total. The van der Waals surface area contributed by atoms with Crippen molar-refractivity contribution in [3.05, 3.63) is 0 Å². The summed E-state index contributed by atoms with van der Waals surface area (Å²) < 4.78 is 0. The third kappa shape index (κ3) is 24.5. The molecule has 0 radical (unpaired) electrons. The van der Waals surface area contributed by atoms with Gasteiger partial charge in [-0.15, -0.1) is 0 Å². The van der Waals surface area contributed by atoms with Crippen LogP contribution in [0.5, 0.6) is 0 Å². The molecule has 0 aromatic rings. The standard InChI is InChI=1S/BrH.3ClH.V/h4*1H;/q;;;;+4/p-4. The Labute approximate surface area is 52.2 Å². The number of hydrogen-bond acceptors (Lipinski definition) is 0. The van der Waals surface area contributed by atoms with Crippen molar-refractivity contribution >= 4 is 43.4 Å². The van der Waals surface area contributed by atoms with Crippen molar-refractivity contribution in [2.45, 2.75) is 0 Å². The Morgan fingerprint density at radius 2 is 1.20 bits per heavy atom. The van der Waals surface area contributed by atoms with E-state index < -0.39 is 9.25 Å². The zero-order valence-electron chi connectivity index (χ0n) is 1.96. The second-order valence-electron chi connectivity index (χ2n) is 0.383. The van der Waals surface area contributed by atoms with E-state index in [2.05, 4.69) is 13.8 Å². The fourth-order valence-electron chi connectivity index (χ4n) is 0. The fourth-order valence-corrected chi connectivity index (χ4v) is 0. The molecule has 0 atom stereocenters. The molecule has 0 rings (SSSR count). The van der Waals surface area contributed by atoms with Crippen LogP contribution >= 0.6 is 43.4 Å². The van der Waals surface area contributed by atoms with Crippen LogP contribution in [-0.2, 0) is 9.25 Å². The summed E-state index contributed by atoms with van der Waals surface area (Å²) in [5.74, 6) is 0. The maximum absolute atomic E-state index is 5.15. The van der Waals surface area contributed by atoms with Crippen molar-refractivity contribution in [1.82, 2.24) is 0 Å². The summed E-state index contributed by atoms with van der Waals surface area (Å²) in [6.45, 7) is 0. The minimum absolute atomic E-state index is 2.65. The van der Waals surface area contributed by atoms with Gasteiger partial charge in [-0.25, -0.2) is 0 Å². The molecule has 0 fully saturated rings. The third-order valence-electron chi connectivity index (χ3n) is 0. The van der Waals surface area contributed by atoms with Crippen LogP contribution < -0.4 is 0 Å².